The number of aliphatic imine (C=N–C) groups is 1. The van der Waals surface area contributed by atoms with Crippen LogP contribution in [0.1, 0.15) is 44.7 Å². The van der Waals surface area contributed by atoms with E-state index in [0.717, 1.165) is 54.8 Å². The van der Waals surface area contributed by atoms with Gasteiger partial charge in [-0.25, -0.2) is 0 Å². The summed E-state index contributed by atoms with van der Waals surface area (Å²) in [6.07, 6.45) is 10.9. The number of hydrogen-bond donors (Lipinski definition) is 0. The molecule has 1 heterocycles. The maximum atomic E-state index is 4.69. The summed E-state index contributed by atoms with van der Waals surface area (Å²) < 4.78 is 8.82. The molecule has 0 saturated carbocycles. The zero-order valence-corrected chi connectivity index (χ0v) is 19.9. The molecule has 1 aliphatic carbocycles. The second kappa shape index (κ2) is 10.5. The highest BCUT2D eigenvalue weighted by molar-refractivity contribution is 7.00. The Labute approximate surface area is 195 Å². The number of unbranched alkanes of at least 4 members (excludes halogenated alkanes) is 1. The Morgan fingerprint density at radius 1 is 0.844 bits per heavy atom. The first-order valence-electron chi connectivity index (χ1n) is 11.5. The van der Waals surface area contributed by atoms with Crippen LogP contribution in [0.2, 0.25) is 0 Å². The van der Waals surface area contributed by atoms with Crippen molar-refractivity contribution in [1.82, 2.24) is 8.75 Å². The molecule has 0 fully saturated rings. The Morgan fingerprint density at radius 2 is 1.53 bits per heavy atom. The molecule has 0 bridgehead atoms. The molecule has 32 heavy (non-hydrogen) atoms. The van der Waals surface area contributed by atoms with E-state index < -0.39 is 0 Å². The van der Waals surface area contributed by atoms with Crippen LogP contribution in [0.5, 0.6) is 0 Å². The van der Waals surface area contributed by atoms with Crippen LogP contribution in [0.4, 0.5) is 5.69 Å². The third kappa shape index (κ3) is 4.89. The summed E-state index contributed by atoms with van der Waals surface area (Å²) in [5.74, 6) is 0. The van der Waals surface area contributed by atoms with Crippen LogP contribution in [0.25, 0.3) is 16.6 Å². The number of benzene rings is 2. The highest BCUT2D eigenvalue weighted by Gasteiger charge is 2.13. The van der Waals surface area contributed by atoms with Gasteiger partial charge in [-0.15, -0.1) is 0 Å². The molecule has 1 aromatic heterocycles. The van der Waals surface area contributed by atoms with Gasteiger partial charge in [-0.3, -0.25) is 4.99 Å². The van der Waals surface area contributed by atoms with E-state index in [0.29, 0.717) is 0 Å². The van der Waals surface area contributed by atoms with Gasteiger partial charge in [0.2, 0.25) is 0 Å². The van der Waals surface area contributed by atoms with Gasteiger partial charge in [0.1, 0.15) is 11.0 Å². The minimum atomic E-state index is 0.882. The van der Waals surface area contributed by atoms with Gasteiger partial charge in [0.05, 0.1) is 17.4 Å². The lowest BCUT2D eigenvalue weighted by atomic mass is 9.90. The number of allylic oxidation sites excluding steroid dienone is 5. The second-order valence-corrected chi connectivity index (χ2v) is 8.37. The van der Waals surface area contributed by atoms with Gasteiger partial charge in [-0.1, -0.05) is 43.7 Å². The minimum absolute atomic E-state index is 0.882. The maximum absolute atomic E-state index is 4.69. The van der Waals surface area contributed by atoms with Crippen molar-refractivity contribution in [2.24, 2.45) is 4.99 Å². The van der Waals surface area contributed by atoms with Crippen LogP contribution < -0.4 is 4.90 Å². The fourth-order valence-corrected chi connectivity index (χ4v) is 4.48. The van der Waals surface area contributed by atoms with Crippen LogP contribution in [0.15, 0.2) is 77.3 Å². The number of rotatable bonds is 8. The topological polar surface area (TPSA) is 41.4 Å². The third-order valence-corrected chi connectivity index (χ3v) is 6.35. The number of nitrogens with zero attached hydrogens (tertiary/aromatic N) is 4. The van der Waals surface area contributed by atoms with Gasteiger partial charge in [-0.2, -0.15) is 8.75 Å². The van der Waals surface area contributed by atoms with Crippen molar-refractivity contribution in [2.45, 2.75) is 33.6 Å². The van der Waals surface area contributed by atoms with E-state index in [1.807, 2.05) is 0 Å². The van der Waals surface area contributed by atoms with E-state index in [1.165, 1.54) is 34.1 Å². The minimum Gasteiger partial charge on any atom is -0.372 e. The normalized spacial score (nSPS) is 13.1. The van der Waals surface area contributed by atoms with Crippen LogP contribution in [0, 0.1) is 0 Å². The van der Waals surface area contributed by atoms with Crippen LogP contribution in [-0.2, 0) is 0 Å². The summed E-state index contributed by atoms with van der Waals surface area (Å²) in [6.45, 7) is 9.47. The standard InChI is InChI=1S/C27H30N4S/c1-4-7-18-28-23-13-8-20(9-14-23)27(22-12-17-25-26(19-22)30-32-29-25)21-10-15-24(16-11-21)31(5-2)6-3/h8-17,19H,4-7,18H2,1-3H3. The molecule has 164 valence electrons. The largest absolute Gasteiger partial charge is 0.372 e. The Hall–Kier alpha value is -3.05. The first kappa shape index (κ1) is 22.2. The molecule has 0 saturated heterocycles. The Balaban J connectivity index is 1.76. The zero-order valence-electron chi connectivity index (χ0n) is 19.1. The molecule has 4 nitrogen and oxygen atoms in total. The van der Waals surface area contributed by atoms with Crippen molar-refractivity contribution in [1.29, 1.82) is 0 Å². The predicted octanol–water partition coefficient (Wildman–Crippen LogP) is 6.71. The summed E-state index contributed by atoms with van der Waals surface area (Å²) >= 11 is 1.26. The van der Waals surface area contributed by atoms with Crippen LogP contribution in [0.3, 0.4) is 0 Å². The molecule has 5 heteroatoms. The van der Waals surface area contributed by atoms with Crippen molar-refractivity contribution in [2.75, 3.05) is 24.5 Å². The monoisotopic (exact) mass is 442 g/mol. The number of fused-ring (bicyclic) bond motifs is 1. The summed E-state index contributed by atoms with van der Waals surface area (Å²) in [7, 11) is 0. The molecule has 3 aromatic rings. The van der Waals surface area contributed by atoms with Gasteiger partial charge >= 0.3 is 0 Å². The fourth-order valence-electron chi connectivity index (χ4n) is 3.97. The zero-order chi connectivity index (χ0) is 22.3. The summed E-state index contributed by atoms with van der Waals surface area (Å²) in [5.41, 5.74) is 8.90. The van der Waals surface area contributed by atoms with Crippen molar-refractivity contribution < 1.29 is 0 Å². The molecule has 0 aliphatic heterocycles. The highest BCUT2D eigenvalue weighted by Crippen LogP contribution is 2.32. The number of hydrogen-bond acceptors (Lipinski definition) is 5. The third-order valence-electron chi connectivity index (χ3n) is 5.79. The summed E-state index contributed by atoms with van der Waals surface area (Å²) in [6, 6.07) is 15.3. The van der Waals surface area contributed by atoms with Gasteiger partial charge in [-0.05, 0) is 79.0 Å². The lowest BCUT2D eigenvalue weighted by Crippen LogP contribution is -2.21. The van der Waals surface area contributed by atoms with Gasteiger partial charge in [0, 0.05) is 25.3 Å². The molecule has 0 unspecified atom stereocenters. The predicted molar refractivity (Wildman–Crippen MR) is 139 cm³/mol. The van der Waals surface area contributed by atoms with Crippen LogP contribution in [-0.4, -0.2) is 34.1 Å². The van der Waals surface area contributed by atoms with Crippen molar-refractivity contribution in [3.63, 3.8) is 0 Å². The molecule has 2 aromatic carbocycles. The molecule has 0 atom stereocenters. The van der Waals surface area contributed by atoms with Crippen molar-refractivity contribution in [3.8, 4) is 0 Å². The first-order valence-corrected chi connectivity index (χ1v) is 12.2. The molecular weight excluding hydrogens is 412 g/mol. The molecule has 0 radical (unpaired) electrons. The fraction of sp³-hybridized carbons (Fsp3) is 0.296. The Kier molecular flexibility index (Phi) is 7.28. The Morgan fingerprint density at radius 3 is 2.22 bits per heavy atom. The summed E-state index contributed by atoms with van der Waals surface area (Å²) in [4.78, 5) is 7.06. The molecular formula is C27H30N4S. The van der Waals surface area contributed by atoms with Gasteiger partial charge < -0.3 is 4.90 Å². The lowest BCUT2D eigenvalue weighted by molar-refractivity contribution is 0.809. The van der Waals surface area contributed by atoms with Crippen molar-refractivity contribution >= 4 is 39.7 Å². The van der Waals surface area contributed by atoms with E-state index >= 15 is 0 Å². The highest BCUT2D eigenvalue weighted by atomic mass is 32.1. The number of aromatic nitrogens is 2. The lowest BCUT2D eigenvalue weighted by Gasteiger charge is -2.22. The number of anilines is 1. The average Bonchev–Trinajstić information content (AvgIpc) is 3.30. The average molecular weight is 443 g/mol. The van der Waals surface area contributed by atoms with E-state index in [4.69, 9.17) is 4.99 Å². The maximum Gasteiger partial charge on any atom is 0.105 e. The quantitative estimate of drug-likeness (QED) is 0.364. The first-order chi connectivity index (χ1) is 15.7. The molecule has 1 aliphatic rings. The van der Waals surface area contributed by atoms with E-state index in [-0.39, 0.29) is 0 Å². The second-order valence-electron chi connectivity index (χ2n) is 7.84. The summed E-state index contributed by atoms with van der Waals surface area (Å²) in [5, 5.41) is 0. The molecule has 0 amide bonds. The van der Waals surface area contributed by atoms with E-state index in [9.17, 15) is 0 Å². The SMILES string of the molecule is CCCCN=C1C=CC(=C(c2ccc(N(CC)CC)cc2)c2ccc3nsnc3c2)C=C1. The van der Waals surface area contributed by atoms with Crippen molar-refractivity contribution in [3.05, 3.63) is 83.5 Å². The molecule has 4 rings (SSSR count). The Bertz CT molecular complexity index is 1160. The molecule has 0 spiro atoms. The smallest absolute Gasteiger partial charge is 0.105 e. The van der Waals surface area contributed by atoms with E-state index in [1.54, 1.807) is 0 Å². The van der Waals surface area contributed by atoms with Gasteiger partial charge in [0.15, 0.2) is 0 Å². The van der Waals surface area contributed by atoms with E-state index in [2.05, 4.69) is 101 Å². The van der Waals surface area contributed by atoms with Crippen LogP contribution >= 0.6 is 11.7 Å². The van der Waals surface area contributed by atoms with Gasteiger partial charge in [0.25, 0.3) is 0 Å². The molecule has 0 N–H and O–H groups in total.